The predicted molar refractivity (Wildman–Crippen MR) is 94.9 cm³/mol. The van der Waals surface area contributed by atoms with Crippen molar-refractivity contribution in [3.63, 3.8) is 0 Å². The largest absolute Gasteiger partial charge is 0.467 e. The second-order valence-corrected chi connectivity index (χ2v) is 7.00. The van der Waals surface area contributed by atoms with E-state index in [1.54, 1.807) is 6.26 Å². The number of carbonyl (C=O) groups is 1. The van der Waals surface area contributed by atoms with E-state index in [9.17, 15) is 4.79 Å². The van der Waals surface area contributed by atoms with Gasteiger partial charge in [-0.25, -0.2) is 0 Å². The number of nitrogens with zero attached hydrogens (tertiary/aromatic N) is 4. The van der Waals surface area contributed by atoms with Crippen LogP contribution in [0.3, 0.4) is 0 Å². The molecule has 0 spiro atoms. The summed E-state index contributed by atoms with van der Waals surface area (Å²) in [5.74, 6) is 1.90. The average molecular weight is 365 g/mol. The van der Waals surface area contributed by atoms with Gasteiger partial charge in [-0.3, -0.25) is 9.36 Å². The van der Waals surface area contributed by atoms with Crippen molar-refractivity contribution in [3.05, 3.63) is 24.2 Å². The molecule has 8 nitrogen and oxygen atoms in total. The van der Waals surface area contributed by atoms with Crippen LogP contribution in [0.4, 0.5) is 5.95 Å². The van der Waals surface area contributed by atoms with Crippen molar-refractivity contribution in [1.29, 1.82) is 0 Å². The van der Waals surface area contributed by atoms with Crippen LogP contribution in [-0.4, -0.2) is 58.8 Å². The van der Waals surface area contributed by atoms with Crippen LogP contribution in [0.2, 0.25) is 0 Å². The topological polar surface area (TPSA) is 85.4 Å². The van der Waals surface area contributed by atoms with Crippen LogP contribution in [0.25, 0.3) is 0 Å². The van der Waals surface area contributed by atoms with E-state index in [1.807, 2.05) is 30.5 Å². The van der Waals surface area contributed by atoms with Gasteiger partial charge in [0.1, 0.15) is 5.76 Å². The maximum atomic E-state index is 11.9. The van der Waals surface area contributed by atoms with Gasteiger partial charge in [0.2, 0.25) is 11.9 Å². The Labute approximate surface area is 150 Å². The third kappa shape index (κ3) is 4.76. The van der Waals surface area contributed by atoms with Crippen LogP contribution in [0.5, 0.6) is 0 Å². The van der Waals surface area contributed by atoms with Crippen molar-refractivity contribution in [2.45, 2.75) is 31.6 Å². The van der Waals surface area contributed by atoms with Gasteiger partial charge in [0, 0.05) is 19.1 Å². The number of furan rings is 1. The molecular formula is C16H23N5O3S. The highest BCUT2D eigenvalue weighted by atomic mass is 32.2. The summed E-state index contributed by atoms with van der Waals surface area (Å²) in [5, 5.41) is 12.2. The molecular weight excluding hydrogens is 342 g/mol. The van der Waals surface area contributed by atoms with Crippen molar-refractivity contribution < 1.29 is 13.9 Å². The third-order valence-corrected chi connectivity index (χ3v) is 4.63. The molecule has 1 fully saturated rings. The lowest BCUT2D eigenvalue weighted by Crippen LogP contribution is -2.38. The standard InChI is InChI=1S/C16H23N5O3S/c1-12(2)17-14(22)11-25-16-19-18-15(20-5-8-23-9-6-20)21(16)10-13-4-3-7-24-13/h3-4,7,12H,5-6,8-11H2,1-2H3,(H,17,22). The molecule has 2 aromatic rings. The van der Waals surface area contributed by atoms with Crippen molar-refractivity contribution in [2.24, 2.45) is 0 Å². The van der Waals surface area contributed by atoms with E-state index in [4.69, 9.17) is 9.15 Å². The molecule has 0 atom stereocenters. The minimum absolute atomic E-state index is 0.0135. The second-order valence-electron chi connectivity index (χ2n) is 6.06. The van der Waals surface area contributed by atoms with E-state index in [2.05, 4.69) is 20.4 Å². The minimum Gasteiger partial charge on any atom is -0.467 e. The Morgan fingerprint density at radius 2 is 2.16 bits per heavy atom. The number of hydrogen-bond donors (Lipinski definition) is 1. The van der Waals surface area contributed by atoms with Gasteiger partial charge in [-0.1, -0.05) is 11.8 Å². The summed E-state index contributed by atoms with van der Waals surface area (Å²) in [4.78, 5) is 14.1. The molecule has 9 heteroatoms. The van der Waals surface area contributed by atoms with Gasteiger partial charge in [0.15, 0.2) is 5.16 Å². The maximum absolute atomic E-state index is 11.9. The molecule has 0 bridgehead atoms. The quantitative estimate of drug-likeness (QED) is 0.742. The van der Waals surface area contributed by atoms with E-state index in [0.29, 0.717) is 30.7 Å². The van der Waals surface area contributed by atoms with Gasteiger partial charge >= 0.3 is 0 Å². The lowest BCUT2D eigenvalue weighted by molar-refractivity contribution is -0.119. The fourth-order valence-electron chi connectivity index (χ4n) is 2.58. The molecule has 3 rings (SSSR count). The number of ether oxygens (including phenoxy) is 1. The van der Waals surface area contributed by atoms with Gasteiger partial charge in [0.05, 0.1) is 31.8 Å². The van der Waals surface area contributed by atoms with Crippen LogP contribution < -0.4 is 10.2 Å². The summed E-state index contributed by atoms with van der Waals surface area (Å²) in [7, 11) is 0. The lowest BCUT2D eigenvalue weighted by atomic mass is 10.4. The molecule has 0 saturated carbocycles. The molecule has 3 heterocycles. The summed E-state index contributed by atoms with van der Waals surface area (Å²) in [6.07, 6.45) is 1.65. The zero-order valence-corrected chi connectivity index (χ0v) is 15.3. The first-order valence-electron chi connectivity index (χ1n) is 8.34. The Kier molecular flexibility index (Phi) is 5.98. The molecule has 0 unspecified atom stereocenters. The highest BCUT2D eigenvalue weighted by molar-refractivity contribution is 7.99. The Morgan fingerprint density at radius 1 is 1.36 bits per heavy atom. The first-order valence-corrected chi connectivity index (χ1v) is 9.32. The Balaban J connectivity index is 1.76. The predicted octanol–water partition coefficient (Wildman–Crippen LogP) is 1.37. The molecule has 25 heavy (non-hydrogen) atoms. The van der Waals surface area contributed by atoms with Gasteiger partial charge in [-0.05, 0) is 26.0 Å². The van der Waals surface area contributed by atoms with Gasteiger partial charge in [-0.15, -0.1) is 10.2 Å². The molecule has 1 N–H and O–H groups in total. The zero-order chi connectivity index (χ0) is 17.6. The Morgan fingerprint density at radius 3 is 2.84 bits per heavy atom. The summed E-state index contributed by atoms with van der Waals surface area (Å²) in [6, 6.07) is 3.90. The van der Waals surface area contributed by atoms with Crippen LogP contribution in [0.1, 0.15) is 19.6 Å². The number of nitrogens with one attached hydrogen (secondary N) is 1. The second kappa shape index (κ2) is 8.39. The van der Waals surface area contributed by atoms with Gasteiger partial charge in [-0.2, -0.15) is 0 Å². The number of carbonyl (C=O) groups excluding carboxylic acids is 1. The molecule has 1 amide bonds. The van der Waals surface area contributed by atoms with Gasteiger partial charge < -0.3 is 19.4 Å². The van der Waals surface area contributed by atoms with E-state index in [0.717, 1.165) is 24.8 Å². The summed E-state index contributed by atoms with van der Waals surface area (Å²) in [5.41, 5.74) is 0. The highest BCUT2D eigenvalue weighted by Gasteiger charge is 2.22. The summed E-state index contributed by atoms with van der Waals surface area (Å²) >= 11 is 1.38. The molecule has 2 aromatic heterocycles. The average Bonchev–Trinajstić information content (AvgIpc) is 3.24. The molecule has 1 saturated heterocycles. The molecule has 1 aliphatic heterocycles. The third-order valence-electron chi connectivity index (χ3n) is 3.67. The number of hydrogen-bond acceptors (Lipinski definition) is 7. The zero-order valence-electron chi connectivity index (χ0n) is 14.5. The van der Waals surface area contributed by atoms with Crippen LogP contribution in [-0.2, 0) is 16.1 Å². The van der Waals surface area contributed by atoms with Crippen molar-refractivity contribution >= 4 is 23.6 Å². The number of thioether (sulfide) groups is 1. The number of rotatable bonds is 7. The number of aromatic nitrogens is 3. The lowest BCUT2D eigenvalue weighted by Gasteiger charge is -2.27. The first-order chi connectivity index (χ1) is 12.1. The fraction of sp³-hybridized carbons (Fsp3) is 0.562. The highest BCUT2D eigenvalue weighted by Crippen LogP contribution is 2.24. The SMILES string of the molecule is CC(C)NC(=O)CSc1nnc(N2CCOCC2)n1Cc1ccco1. The van der Waals surface area contributed by atoms with E-state index in [-0.39, 0.29) is 11.9 Å². The van der Waals surface area contributed by atoms with Crippen LogP contribution in [0.15, 0.2) is 28.0 Å². The Bertz CT molecular complexity index is 680. The molecule has 0 aromatic carbocycles. The summed E-state index contributed by atoms with van der Waals surface area (Å²) in [6.45, 7) is 7.31. The molecule has 0 radical (unpaired) electrons. The molecule has 136 valence electrons. The minimum atomic E-state index is -0.0135. The van der Waals surface area contributed by atoms with Crippen molar-refractivity contribution in [1.82, 2.24) is 20.1 Å². The normalized spacial score (nSPS) is 14.9. The first kappa shape index (κ1) is 17.8. The van der Waals surface area contributed by atoms with Crippen LogP contribution >= 0.6 is 11.8 Å². The Hall–Kier alpha value is -2.00. The fourth-order valence-corrected chi connectivity index (χ4v) is 3.32. The molecule has 1 aliphatic rings. The van der Waals surface area contributed by atoms with E-state index in [1.165, 1.54) is 11.8 Å². The maximum Gasteiger partial charge on any atom is 0.230 e. The number of morpholine rings is 1. The van der Waals surface area contributed by atoms with Crippen LogP contribution in [0, 0.1) is 0 Å². The molecule has 0 aliphatic carbocycles. The van der Waals surface area contributed by atoms with Gasteiger partial charge in [0.25, 0.3) is 0 Å². The van der Waals surface area contributed by atoms with Crippen molar-refractivity contribution in [2.75, 3.05) is 37.0 Å². The van der Waals surface area contributed by atoms with E-state index < -0.39 is 0 Å². The monoisotopic (exact) mass is 365 g/mol. The summed E-state index contributed by atoms with van der Waals surface area (Å²) < 4.78 is 12.9. The number of anilines is 1. The van der Waals surface area contributed by atoms with E-state index >= 15 is 0 Å². The number of amides is 1. The smallest absolute Gasteiger partial charge is 0.230 e. The van der Waals surface area contributed by atoms with Crippen molar-refractivity contribution in [3.8, 4) is 0 Å².